The van der Waals surface area contributed by atoms with Crippen molar-refractivity contribution in [1.82, 2.24) is 5.32 Å². The molecule has 2 rings (SSSR count). The summed E-state index contributed by atoms with van der Waals surface area (Å²) in [5.41, 5.74) is 6.19. The summed E-state index contributed by atoms with van der Waals surface area (Å²) in [6, 6.07) is 16.1. The second kappa shape index (κ2) is 9.84. The Labute approximate surface area is 158 Å². The standard InChI is InChI=1S/C19H22N2O5S/c20-19(23)17(11-12-27(24,25)16-9-5-2-6-10-16)21-18(22)14-26-13-15-7-3-1-4-8-15/h1-10,17H,11-14H2,(H2,20,23)(H,21,22)/t17-/m1/s1. The molecule has 144 valence electrons. The number of sulfone groups is 1. The highest BCUT2D eigenvalue weighted by molar-refractivity contribution is 7.91. The highest BCUT2D eigenvalue weighted by Gasteiger charge is 2.22. The lowest BCUT2D eigenvalue weighted by atomic mass is 10.2. The first-order chi connectivity index (χ1) is 12.9. The Morgan fingerprint density at radius 1 is 1.00 bits per heavy atom. The van der Waals surface area contributed by atoms with Crippen molar-refractivity contribution >= 4 is 21.7 Å². The maximum absolute atomic E-state index is 12.3. The molecule has 2 amide bonds. The molecule has 0 unspecified atom stereocenters. The number of amides is 2. The number of carbonyl (C=O) groups is 2. The van der Waals surface area contributed by atoms with E-state index < -0.39 is 27.7 Å². The number of carbonyl (C=O) groups excluding carboxylic acids is 2. The van der Waals surface area contributed by atoms with Gasteiger partial charge in [-0.15, -0.1) is 0 Å². The van der Waals surface area contributed by atoms with E-state index in [0.717, 1.165) is 5.56 Å². The average Bonchev–Trinajstić information content (AvgIpc) is 2.66. The van der Waals surface area contributed by atoms with Crippen LogP contribution < -0.4 is 11.1 Å². The highest BCUT2D eigenvalue weighted by Crippen LogP contribution is 2.12. The normalized spacial score (nSPS) is 12.3. The van der Waals surface area contributed by atoms with Gasteiger partial charge in [-0.3, -0.25) is 9.59 Å². The molecule has 0 spiro atoms. The van der Waals surface area contributed by atoms with Crippen LogP contribution in [0.25, 0.3) is 0 Å². The lowest BCUT2D eigenvalue weighted by molar-refractivity contribution is -0.130. The van der Waals surface area contributed by atoms with Crippen LogP contribution >= 0.6 is 0 Å². The Morgan fingerprint density at radius 3 is 2.19 bits per heavy atom. The van der Waals surface area contributed by atoms with Gasteiger partial charge in [-0.2, -0.15) is 0 Å². The Hall–Kier alpha value is -2.71. The first-order valence-corrected chi connectivity index (χ1v) is 10.0. The summed E-state index contributed by atoms with van der Waals surface area (Å²) in [5, 5.41) is 2.42. The molecule has 2 aromatic carbocycles. The number of hydrogen-bond donors (Lipinski definition) is 2. The van der Waals surface area contributed by atoms with Crippen LogP contribution in [0.15, 0.2) is 65.6 Å². The molecule has 0 radical (unpaired) electrons. The summed E-state index contributed by atoms with van der Waals surface area (Å²) in [7, 11) is -3.57. The first kappa shape index (κ1) is 20.6. The SMILES string of the molecule is NC(=O)[C@@H](CCS(=O)(=O)c1ccccc1)NC(=O)COCc1ccccc1. The molecule has 0 saturated carbocycles. The minimum absolute atomic E-state index is 0.114. The maximum Gasteiger partial charge on any atom is 0.246 e. The third-order valence-electron chi connectivity index (χ3n) is 3.80. The number of hydrogen-bond acceptors (Lipinski definition) is 5. The van der Waals surface area contributed by atoms with Crippen molar-refractivity contribution in [2.75, 3.05) is 12.4 Å². The summed E-state index contributed by atoms with van der Waals surface area (Å²) in [4.78, 5) is 23.7. The van der Waals surface area contributed by atoms with E-state index in [1.54, 1.807) is 18.2 Å². The fraction of sp³-hybridized carbons (Fsp3) is 0.263. The molecule has 0 aromatic heterocycles. The second-order valence-electron chi connectivity index (χ2n) is 5.92. The van der Waals surface area contributed by atoms with Gasteiger partial charge in [0.25, 0.3) is 0 Å². The van der Waals surface area contributed by atoms with Crippen molar-refractivity contribution in [1.29, 1.82) is 0 Å². The van der Waals surface area contributed by atoms with Crippen LogP contribution in [0.4, 0.5) is 0 Å². The molecular formula is C19H22N2O5S. The summed E-state index contributed by atoms with van der Waals surface area (Å²) < 4.78 is 29.9. The lowest BCUT2D eigenvalue weighted by Crippen LogP contribution is -2.46. The molecule has 27 heavy (non-hydrogen) atoms. The molecule has 2 aromatic rings. The number of primary amides is 1. The van der Waals surface area contributed by atoms with E-state index in [4.69, 9.17) is 10.5 Å². The van der Waals surface area contributed by atoms with Crippen LogP contribution in [0.5, 0.6) is 0 Å². The maximum atomic E-state index is 12.3. The predicted molar refractivity (Wildman–Crippen MR) is 100 cm³/mol. The Morgan fingerprint density at radius 2 is 1.59 bits per heavy atom. The van der Waals surface area contributed by atoms with Crippen molar-refractivity contribution in [3.05, 3.63) is 66.2 Å². The fourth-order valence-electron chi connectivity index (χ4n) is 2.38. The minimum atomic E-state index is -3.57. The van der Waals surface area contributed by atoms with E-state index in [1.807, 2.05) is 30.3 Å². The van der Waals surface area contributed by atoms with E-state index in [2.05, 4.69) is 5.32 Å². The van der Waals surface area contributed by atoms with Crippen molar-refractivity contribution in [2.45, 2.75) is 24.0 Å². The predicted octanol–water partition coefficient (Wildman–Crippen LogP) is 1.04. The van der Waals surface area contributed by atoms with Crippen LogP contribution in [0.3, 0.4) is 0 Å². The van der Waals surface area contributed by atoms with Crippen LogP contribution in [0, 0.1) is 0 Å². The van der Waals surface area contributed by atoms with Crippen LogP contribution in [-0.2, 0) is 30.8 Å². The van der Waals surface area contributed by atoms with E-state index >= 15 is 0 Å². The highest BCUT2D eigenvalue weighted by atomic mass is 32.2. The van der Waals surface area contributed by atoms with Gasteiger partial charge < -0.3 is 15.8 Å². The van der Waals surface area contributed by atoms with Crippen molar-refractivity contribution in [3.63, 3.8) is 0 Å². The van der Waals surface area contributed by atoms with Gasteiger partial charge in [0.2, 0.25) is 11.8 Å². The molecule has 8 heteroatoms. The first-order valence-electron chi connectivity index (χ1n) is 8.36. The van der Waals surface area contributed by atoms with Gasteiger partial charge in [-0.25, -0.2) is 8.42 Å². The molecule has 0 fully saturated rings. The number of benzene rings is 2. The zero-order chi connectivity index (χ0) is 19.7. The third-order valence-corrected chi connectivity index (χ3v) is 5.56. The summed E-state index contributed by atoms with van der Waals surface area (Å²) in [6.07, 6.45) is -0.114. The van der Waals surface area contributed by atoms with Gasteiger partial charge in [-0.1, -0.05) is 48.5 Å². The van der Waals surface area contributed by atoms with Crippen molar-refractivity contribution < 1.29 is 22.7 Å². The van der Waals surface area contributed by atoms with E-state index in [-0.39, 0.29) is 30.3 Å². The lowest BCUT2D eigenvalue weighted by Gasteiger charge is -2.15. The average molecular weight is 390 g/mol. The molecule has 7 nitrogen and oxygen atoms in total. The number of nitrogens with one attached hydrogen (secondary N) is 1. The number of ether oxygens (including phenoxy) is 1. The Balaban J connectivity index is 1.84. The van der Waals surface area contributed by atoms with Crippen LogP contribution in [0.2, 0.25) is 0 Å². The van der Waals surface area contributed by atoms with E-state index in [1.165, 1.54) is 12.1 Å². The molecule has 0 saturated heterocycles. The monoisotopic (exact) mass is 390 g/mol. The van der Waals surface area contributed by atoms with Gasteiger partial charge in [0.05, 0.1) is 17.3 Å². The van der Waals surface area contributed by atoms with Gasteiger partial charge in [0, 0.05) is 0 Å². The molecule has 3 N–H and O–H groups in total. The Bertz CT molecular complexity index is 854. The number of rotatable bonds is 10. The molecule has 0 aliphatic carbocycles. The summed E-state index contributed by atoms with van der Waals surface area (Å²) in [6.45, 7) is -0.0119. The largest absolute Gasteiger partial charge is 0.368 e. The summed E-state index contributed by atoms with van der Waals surface area (Å²) >= 11 is 0. The van der Waals surface area contributed by atoms with Crippen molar-refractivity contribution in [3.8, 4) is 0 Å². The Kier molecular flexibility index (Phi) is 7.51. The van der Waals surface area contributed by atoms with E-state index in [9.17, 15) is 18.0 Å². The zero-order valence-electron chi connectivity index (χ0n) is 14.7. The van der Waals surface area contributed by atoms with Gasteiger partial charge in [0.1, 0.15) is 12.6 Å². The number of nitrogens with two attached hydrogens (primary N) is 1. The summed E-state index contributed by atoms with van der Waals surface area (Å²) in [5.74, 6) is -1.64. The molecule has 0 heterocycles. The molecule has 1 atom stereocenters. The topological polar surface area (TPSA) is 116 Å². The minimum Gasteiger partial charge on any atom is -0.368 e. The second-order valence-corrected chi connectivity index (χ2v) is 8.03. The van der Waals surface area contributed by atoms with Crippen molar-refractivity contribution in [2.24, 2.45) is 5.73 Å². The molecule has 0 aliphatic heterocycles. The van der Waals surface area contributed by atoms with Gasteiger partial charge in [0.15, 0.2) is 9.84 Å². The van der Waals surface area contributed by atoms with Crippen LogP contribution in [0.1, 0.15) is 12.0 Å². The molecule has 0 bridgehead atoms. The van der Waals surface area contributed by atoms with E-state index in [0.29, 0.717) is 0 Å². The third kappa shape index (κ3) is 6.84. The van der Waals surface area contributed by atoms with Gasteiger partial charge >= 0.3 is 0 Å². The molecular weight excluding hydrogens is 368 g/mol. The fourth-order valence-corrected chi connectivity index (χ4v) is 3.73. The zero-order valence-corrected chi connectivity index (χ0v) is 15.5. The van der Waals surface area contributed by atoms with Crippen LogP contribution in [-0.4, -0.2) is 38.6 Å². The van der Waals surface area contributed by atoms with Gasteiger partial charge in [-0.05, 0) is 24.1 Å². The smallest absolute Gasteiger partial charge is 0.246 e. The molecule has 0 aliphatic rings. The quantitative estimate of drug-likeness (QED) is 0.629.